The van der Waals surface area contributed by atoms with Gasteiger partial charge in [-0.25, -0.2) is 9.31 Å². The number of esters is 1. The first-order chi connectivity index (χ1) is 7.63. The number of pyridine rings is 1. The van der Waals surface area contributed by atoms with Crippen LogP contribution in [0.1, 0.15) is 10.4 Å². The standard InChI is InChI=1S/C9H9BN2O4/c1-16-9(13)7-4-11-12-5-6(10(14)15)2-3-8(7)12/h2-5,14-15H,1H3. The second kappa shape index (κ2) is 3.95. The minimum Gasteiger partial charge on any atom is -0.465 e. The molecule has 0 aliphatic carbocycles. The highest BCUT2D eigenvalue weighted by Crippen LogP contribution is 2.10. The van der Waals surface area contributed by atoms with Crippen LogP contribution in [-0.4, -0.2) is 39.9 Å². The average molecular weight is 220 g/mol. The quantitative estimate of drug-likeness (QED) is 0.490. The third kappa shape index (κ3) is 1.66. The summed E-state index contributed by atoms with van der Waals surface area (Å²) in [5.74, 6) is -0.479. The van der Waals surface area contributed by atoms with E-state index in [4.69, 9.17) is 10.0 Å². The Morgan fingerprint density at radius 2 is 2.25 bits per heavy atom. The van der Waals surface area contributed by atoms with Gasteiger partial charge in [-0.3, -0.25) is 0 Å². The molecular weight excluding hydrogens is 211 g/mol. The summed E-state index contributed by atoms with van der Waals surface area (Å²) in [6.07, 6.45) is 2.81. The molecule has 0 radical (unpaired) electrons. The highest BCUT2D eigenvalue weighted by atomic mass is 16.5. The lowest BCUT2D eigenvalue weighted by molar-refractivity contribution is 0.0603. The molecule has 2 aromatic heterocycles. The summed E-state index contributed by atoms with van der Waals surface area (Å²) < 4.78 is 5.98. The zero-order valence-electron chi connectivity index (χ0n) is 8.49. The van der Waals surface area contributed by atoms with Gasteiger partial charge in [-0.15, -0.1) is 0 Å². The SMILES string of the molecule is COC(=O)c1cnn2cc(B(O)O)ccc12. The minimum absolute atomic E-state index is 0.298. The largest absolute Gasteiger partial charge is 0.490 e. The smallest absolute Gasteiger partial charge is 0.465 e. The van der Waals surface area contributed by atoms with Gasteiger partial charge in [0.25, 0.3) is 0 Å². The molecule has 0 saturated carbocycles. The zero-order valence-corrected chi connectivity index (χ0v) is 8.49. The zero-order chi connectivity index (χ0) is 11.7. The van der Waals surface area contributed by atoms with Crippen LogP contribution >= 0.6 is 0 Å². The molecule has 0 amide bonds. The fourth-order valence-corrected chi connectivity index (χ4v) is 1.42. The van der Waals surface area contributed by atoms with Crippen molar-refractivity contribution in [1.29, 1.82) is 0 Å². The van der Waals surface area contributed by atoms with E-state index in [-0.39, 0.29) is 0 Å². The third-order valence-corrected chi connectivity index (χ3v) is 2.24. The highest BCUT2D eigenvalue weighted by molar-refractivity contribution is 6.58. The second-order valence-corrected chi connectivity index (χ2v) is 3.22. The molecule has 2 heterocycles. The molecule has 7 heteroatoms. The van der Waals surface area contributed by atoms with Gasteiger partial charge in [0, 0.05) is 11.7 Å². The van der Waals surface area contributed by atoms with Crippen LogP contribution in [0.4, 0.5) is 0 Å². The monoisotopic (exact) mass is 220 g/mol. The van der Waals surface area contributed by atoms with Crippen molar-refractivity contribution in [2.24, 2.45) is 0 Å². The molecule has 0 aromatic carbocycles. The van der Waals surface area contributed by atoms with E-state index < -0.39 is 13.1 Å². The molecule has 2 N–H and O–H groups in total. The minimum atomic E-state index is -1.56. The summed E-state index contributed by atoms with van der Waals surface area (Å²) in [6.45, 7) is 0. The Kier molecular flexibility index (Phi) is 2.63. The lowest BCUT2D eigenvalue weighted by Gasteiger charge is -2.01. The Labute approximate surface area is 91.2 Å². The van der Waals surface area contributed by atoms with Crippen LogP contribution in [0, 0.1) is 0 Å². The number of ether oxygens (including phenoxy) is 1. The van der Waals surface area contributed by atoms with E-state index in [1.165, 1.54) is 30.1 Å². The highest BCUT2D eigenvalue weighted by Gasteiger charge is 2.16. The van der Waals surface area contributed by atoms with E-state index in [9.17, 15) is 4.79 Å². The van der Waals surface area contributed by atoms with Gasteiger partial charge >= 0.3 is 13.1 Å². The van der Waals surface area contributed by atoms with Crippen molar-refractivity contribution in [3.05, 3.63) is 30.1 Å². The average Bonchev–Trinajstić information content (AvgIpc) is 2.70. The van der Waals surface area contributed by atoms with E-state index >= 15 is 0 Å². The van der Waals surface area contributed by atoms with E-state index in [2.05, 4.69) is 9.84 Å². The predicted octanol–water partition coefficient (Wildman–Crippen LogP) is -1.20. The number of nitrogens with zero attached hydrogens (tertiary/aromatic N) is 2. The summed E-state index contributed by atoms with van der Waals surface area (Å²) >= 11 is 0. The lowest BCUT2D eigenvalue weighted by atomic mass is 9.82. The maximum absolute atomic E-state index is 11.3. The number of rotatable bonds is 2. The maximum Gasteiger partial charge on any atom is 0.490 e. The number of hydrogen-bond donors (Lipinski definition) is 2. The van der Waals surface area contributed by atoms with Gasteiger partial charge in [-0.1, -0.05) is 6.07 Å². The number of methoxy groups -OCH3 is 1. The van der Waals surface area contributed by atoms with Crippen LogP contribution in [-0.2, 0) is 4.74 Å². The molecule has 0 unspecified atom stereocenters. The summed E-state index contributed by atoms with van der Waals surface area (Å²) in [5.41, 5.74) is 1.18. The van der Waals surface area contributed by atoms with Crippen LogP contribution in [0.2, 0.25) is 0 Å². The number of carbonyl (C=O) groups is 1. The van der Waals surface area contributed by atoms with Crippen molar-refractivity contribution >= 4 is 24.1 Å². The summed E-state index contributed by atoms with van der Waals surface area (Å²) in [5, 5.41) is 21.9. The Bertz CT molecular complexity index is 537. The van der Waals surface area contributed by atoms with Crippen LogP contribution < -0.4 is 5.46 Å². The van der Waals surface area contributed by atoms with Crippen LogP contribution in [0.3, 0.4) is 0 Å². The van der Waals surface area contributed by atoms with Gasteiger partial charge in [0.1, 0.15) is 5.56 Å². The van der Waals surface area contributed by atoms with Crippen molar-refractivity contribution in [2.75, 3.05) is 7.11 Å². The van der Waals surface area contributed by atoms with Gasteiger partial charge in [0.15, 0.2) is 0 Å². The first-order valence-corrected chi connectivity index (χ1v) is 4.55. The Balaban J connectivity index is 2.54. The topological polar surface area (TPSA) is 84.1 Å². The molecule has 6 nitrogen and oxygen atoms in total. The summed E-state index contributed by atoms with van der Waals surface area (Å²) in [4.78, 5) is 11.3. The van der Waals surface area contributed by atoms with E-state index in [1.807, 2.05) is 0 Å². The number of fused-ring (bicyclic) bond motifs is 1. The van der Waals surface area contributed by atoms with Crippen LogP contribution in [0.5, 0.6) is 0 Å². The van der Waals surface area contributed by atoms with Gasteiger partial charge in [0.05, 0.1) is 18.8 Å². The van der Waals surface area contributed by atoms with Gasteiger partial charge in [0.2, 0.25) is 0 Å². The maximum atomic E-state index is 11.3. The van der Waals surface area contributed by atoms with Crippen LogP contribution in [0.15, 0.2) is 24.5 Å². The fourth-order valence-electron chi connectivity index (χ4n) is 1.42. The van der Waals surface area contributed by atoms with Crippen molar-refractivity contribution < 1.29 is 19.6 Å². The molecule has 0 fully saturated rings. The number of aromatic nitrogens is 2. The molecule has 0 bridgehead atoms. The number of hydrogen-bond acceptors (Lipinski definition) is 5. The Hall–Kier alpha value is -1.86. The normalized spacial score (nSPS) is 10.4. The van der Waals surface area contributed by atoms with Gasteiger partial charge in [-0.2, -0.15) is 5.10 Å². The second-order valence-electron chi connectivity index (χ2n) is 3.22. The van der Waals surface area contributed by atoms with Crippen molar-refractivity contribution in [3.8, 4) is 0 Å². The molecule has 0 spiro atoms. The molecule has 2 rings (SSSR count). The molecule has 0 atom stereocenters. The molecule has 16 heavy (non-hydrogen) atoms. The predicted molar refractivity (Wildman–Crippen MR) is 56.4 cm³/mol. The Morgan fingerprint density at radius 1 is 1.50 bits per heavy atom. The molecule has 0 saturated heterocycles. The third-order valence-electron chi connectivity index (χ3n) is 2.24. The van der Waals surface area contributed by atoms with E-state index in [1.54, 1.807) is 6.07 Å². The van der Waals surface area contributed by atoms with E-state index in [0.717, 1.165) is 0 Å². The molecular formula is C9H9BN2O4. The van der Waals surface area contributed by atoms with Gasteiger partial charge < -0.3 is 14.8 Å². The molecule has 82 valence electrons. The van der Waals surface area contributed by atoms with Crippen LogP contribution in [0.25, 0.3) is 5.52 Å². The molecule has 0 aliphatic rings. The summed E-state index contributed by atoms with van der Waals surface area (Å²) in [6, 6.07) is 3.09. The summed E-state index contributed by atoms with van der Waals surface area (Å²) in [7, 11) is -0.271. The first-order valence-electron chi connectivity index (χ1n) is 4.55. The van der Waals surface area contributed by atoms with Gasteiger partial charge in [-0.05, 0) is 6.07 Å². The fraction of sp³-hybridized carbons (Fsp3) is 0.111. The molecule has 0 aliphatic heterocycles. The van der Waals surface area contributed by atoms with Crippen molar-refractivity contribution in [1.82, 2.24) is 9.61 Å². The lowest BCUT2D eigenvalue weighted by Crippen LogP contribution is -2.30. The van der Waals surface area contributed by atoms with Crippen molar-refractivity contribution in [3.63, 3.8) is 0 Å². The Morgan fingerprint density at radius 3 is 2.88 bits per heavy atom. The number of carbonyl (C=O) groups excluding carboxylic acids is 1. The van der Waals surface area contributed by atoms with Crippen molar-refractivity contribution in [2.45, 2.75) is 0 Å². The first kappa shape index (κ1) is 10.7. The van der Waals surface area contributed by atoms with E-state index in [0.29, 0.717) is 16.5 Å². The molecule has 2 aromatic rings.